The van der Waals surface area contributed by atoms with E-state index in [-0.39, 0.29) is 24.5 Å². The second-order valence-electron chi connectivity index (χ2n) is 9.17. The first-order chi connectivity index (χ1) is 15.9. The predicted molar refractivity (Wildman–Crippen MR) is 126 cm³/mol. The molecule has 2 N–H and O–H groups in total. The van der Waals surface area contributed by atoms with Crippen LogP contribution < -0.4 is 10.2 Å². The number of aryl methyl sites for hydroxylation is 1. The van der Waals surface area contributed by atoms with E-state index >= 15 is 0 Å². The van der Waals surface area contributed by atoms with Gasteiger partial charge in [0.25, 0.3) is 5.91 Å². The Labute approximate surface area is 193 Å². The van der Waals surface area contributed by atoms with Crippen molar-refractivity contribution in [2.24, 2.45) is 0 Å². The van der Waals surface area contributed by atoms with E-state index in [4.69, 9.17) is 0 Å². The second-order valence-corrected chi connectivity index (χ2v) is 9.17. The molecule has 2 aromatic carbocycles. The zero-order chi connectivity index (χ0) is 23.2. The largest absolute Gasteiger partial charge is 0.392 e. The van der Waals surface area contributed by atoms with E-state index in [1.807, 2.05) is 68.4 Å². The van der Waals surface area contributed by atoms with Crippen molar-refractivity contribution in [1.82, 2.24) is 10.3 Å². The van der Waals surface area contributed by atoms with Crippen molar-refractivity contribution in [3.8, 4) is 0 Å². The number of aromatic nitrogens is 1. The average molecular weight is 442 g/mol. The monoisotopic (exact) mass is 441 g/mol. The molecule has 3 aromatic rings. The molecule has 168 valence electrons. The van der Waals surface area contributed by atoms with E-state index in [0.29, 0.717) is 16.9 Å². The summed E-state index contributed by atoms with van der Waals surface area (Å²) in [4.78, 5) is 34.0. The molecule has 1 aromatic heterocycles. The van der Waals surface area contributed by atoms with Crippen molar-refractivity contribution in [2.75, 3.05) is 4.90 Å². The summed E-state index contributed by atoms with van der Waals surface area (Å²) in [6, 6.07) is 18.1. The Balaban J connectivity index is 1.75. The summed E-state index contributed by atoms with van der Waals surface area (Å²) in [6.45, 7) is 3.79. The lowest BCUT2D eigenvalue weighted by Gasteiger charge is -2.47. The molecule has 0 saturated heterocycles. The molecule has 0 spiro atoms. The van der Waals surface area contributed by atoms with Gasteiger partial charge in [-0.25, -0.2) is 4.98 Å². The molecule has 2 atom stereocenters. The number of rotatable bonds is 5. The highest BCUT2D eigenvalue weighted by molar-refractivity contribution is 6.12. The third-order valence-corrected chi connectivity index (χ3v) is 6.75. The van der Waals surface area contributed by atoms with Crippen molar-refractivity contribution in [2.45, 2.75) is 50.8 Å². The molecule has 0 bridgehead atoms. The van der Waals surface area contributed by atoms with Gasteiger partial charge in [0.15, 0.2) is 0 Å². The van der Waals surface area contributed by atoms with Crippen LogP contribution in [0, 0.1) is 6.92 Å². The van der Waals surface area contributed by atoms with Gasteiger partial charge in [0.05, 0.1) is 18.1 Å². The maximum absolute atomic E-state index is 13.9. The van der Waals surface area contributed by atoms with Gasteiger partial charge >= 0.3 is 0 Å². The quantitative estimate of drug-likeness (QED) is 0.631. The van der Waals surface area contributed by atoms with Crippen LogP contribution in [0.25, 0.3) is 0 Å². The highest BCUT2D eigenvalue weighted by atomic mass is 16.3. The van der Waals surface area contributed by atoms with E-state index in [2.05, 4.69) is 10.3 Å². The molecule has 6 nitrogen and oxygen atoms in total. The zero-order valence-electron chi connectivity index (χ0n) is 18.8. The van der Waals surface area contributed by atoms with Crippen LogP contribution in [-0.4, -0.2) is 27.9 Å². The minimum Gasteiger partial charge on any atom is -0.392 e. The van der Waals surface area contributed by atoms with Gasteiger partial charge in [-0.3, -0.25) is 14.5 Å². The lowest BCUT2D eigenvalue weighted by Crippen LogP contribution is -2.58. The lowest BCUT2D eigenvalue weighted by molar-refractivity contribution is -0.127. The van der Waals surface area contributed by atoms with Crippen LogP contribution in [0.2, 0.25) is 0 Å². The molecule has 2 aliphatic rings. The molecule has 2 heterocycles. The fourth-order valence-corrected chi connectivity index (χ4v) is 4.71. The Bertz CT molecular complexity index is 1200. The van der Waals surface area contributed by atoms with Crippen molar-refractivity contribution in [3.63, 3.8) is 0 Å². The van der Waals surface area contributed by atoms with Gasteiger partial charge in [0.2, 0.25) is 5.91 Å². The van der Waals surface area contributed by atoms with Gasteiger partial charge in [0, 0.05) is 17.8 Å². The van der Waals surface area contributed by atoms with Gasteiger partial charge in [0.1, 0.15) is 5.82 Å². The van der Waals surface area contributed by atoms with Crippen LogP contribution in [0.5, 0.6) is 0 Å². The third kappa shape index (κ3) is 3.60. The molecule has 6 heteroatoms. The van der Waals surface area contributed by atoms with Crippen molar-refractivity contribution in [1.29, 1.82) is 0 Å². The second kappa shape index (κ2) is 8.12. The summed E-state index contributed by atoms with van der Waals surface area (Å²) in [5.41, 5.74) is 2.75. The molecular weight excluding hydrogens is 414 g/mol. The van der Waals surface area contributed by atoms with Crippen LogP contribution in [0.15, 0.2) is 66.9 Å². The predicted octanol–water partition coefficient (Wildman–Crippen LogP) is 3.82. The van der Waals surface area contributed by atoms with Crippen LogP contribution >= 0.6 is 0 Å². The van der Waals surface area contributed by atoms with Gasteiger partial charge in [-0.1, -0.05) is 48.5 Å². The number of aliphatic hydroxyl groups excluding tert-OH is 1. The molecule has 5 rings (SSSR count). The SMILES string of the molecule is Cc1ccc(N2C(=O)c3ccccc3[C@](C)(C(=O)NC3CC3)[C@@H]2c2ccc(CO)cc2)nc1. The molecule has 1 fully saturated rings. The van der Waals surface area contributed by atoms with Gasteiger partial charge in [-0.2, -0.15) is 0 Å². The molecule has 1 saturated carbocycles. The number of nitrogens with zero attached hydrogens (tertiary/aromatic N) is 2. The number of carbonyl (C=O) groups is 2. The van der Waals surface area contributed by atoms with E-state index in [0.717, 1.165) is 29.5 Å². The van der Waals surface area contributed by atoms with Gasteiger partial charge in [-0.15, -0.1) is 0 Å². The number of hydrogen-bond donors (Lipinski definition) is 2. The summed E-state index contributed by atoms with van der Waals surface area (Å²) in [6.07, 6.45) is 3.68. The maximum atomic E-state index is 13.9. The van der Waals surface area contributed by atoms with Crippen molar-refractivity contribution in [3.05, 3.63) is 94.7 Å². The van der Waals surface area contributed by atoms with E-state index in [9.17, 15) is 14.7 Å². The molecule has 0 unspecified atom stereocenters. The van der Waals surface area contributed by atoms with E-state index < -0.39 is 11.5 Å². The number of nitrogens with one attached hydrogen (secondary N) is 1. The molecule has 1 aliphatic heterocycles. The normalized spacial score (nSPS) is 22.1. The summed E-state index contributed by atoms with van der Waals surface area (Å²) in [5, 5.41) is 12.7. The number of pyridine rings is 1. The van der Waals surface area contributed by atoms with Crippen LogP contribution in [0.3, 0.4) is 0 Å². The fraction of sp³-hybridized carbons (Fsp3) is 0.296. The van der Waals surface area contributed by atoms with Crippen molar-refractivity contribution >= 4 is 17.6 Å². The number of amides is 2. The summed E-state index contributed by atoms with van der Waals surface area (Å²) < 4.78 is 0. The van der Waals surface area contributed by atoms with Crippen LogP contribution in [0.1, 0.15) is 58.4 Å². The lowest BCUT2D eigenvalue weighted by atomic mass is 9.67. The first-order valence-electron chi connectivity index (χ1n) is 11.3. The summed E-state index contributed by atoms with van der Waals surface area (Å²) in [7, 11) is 0. The molecule has 2 amide bonds. The number of aliphatic hydroxyl groups is 1. The van der Waals surface area contributed by atoms with Gasteiger partial charge in [-0.05, 0) is 61.1 Å². The Hall–Kier alpha value is -3.51. The average Bonchev–Trinajstić information content (AvgIpc) is 3.66. The highest BCUT2D eigenvalue weighted by Crippen LogP contribution is 2.49. The standard InChI is InChI=1S/C27H27N3O3/c1-17-7-14-23(28-15-17)30-24(19-10-8-18(16-31)9-11-19)27(2,26(33)29-20-12-13-20)22-6-4-3-5-21(22)25(30)32/h3-11,14-15,20,24,31H,12-13,16H2,1-2H3,(H,29,33)/t24-,27-/m0/s1. The topological polar surface area (TPSA) is 82.5 Å². The Morgan fingerprint density at radius 2 is 1.85 bits per heavy atom. The van der Waals surface area contributed by atoms with Gasteiger partial charge < -0.3 is 10.4 Å². The number of fused-ring (bicyclic) bond motifs is 1. The number of hydrogen-bond acceptors (Lipinski definition) is 4. The van der Waals surface area contributed by atoms with E-state index in [1.54, 1.807) is 17.2 Å². The Morgan fingerprint density at radius 1 is 1.12 bits per heavy atom. The molecule has 0 radical (unpaired) electrons. The zero-order valence-corrected chi connectivity index (χ0v) is 18.8. The number of carbonyl (C=O) groups excluding carboxylic acids is 2. The van der Waals surface area contributed by atoms with Crippen LogP contribution in [0.4, 0.5) is 5.82 Å². The first-order valence-corrected chi connectivity index (χ1v) is 11.3. The maximum Gasteiger partial charge on any atom is 0.260 e. The minimum absolute atomic E-state index is 0.0740. The van der Waals surface area contributed by atoms with Crippen LogP contribution in [-0.2, 0) is 16.8 Å². The Kier molecular flexibility index (Phi) is 5.25. The summed E-state index contributed by atoms with van der Waals surface area (Å²) in [5.74, 6) is 0.218. The number of benzene rings is 2. The smallest absolute Gasteiger partial charge is 0.260 e. The third-order valence-electron chi connectivity index (χ3n) is 6.75. The molecule has 1 aliphatic carbocycles. The molecular formula is C27H27N3O3. The molecule has 33 heavy (non-hydrogen) atoms. The Morgan fingerprint density at radius 3 is 2.48 bits per heavy atom. The highest BCUT2D eigenvalue weighted by Gasteiger charge is 2.54. The first kappa shape index (κ1) is 21.3. The minimum atomic E-state index is -1.04. The van der Waals surface area contributed by atoms with Crippen molar-refractivity contribution < 1.29 is 14.7 Å². The number of anilines is 1. The van der Waals surface area contributed by atoms with E-state index in [1.165, 1.54) is 0 Å². The fourth-order valence-electron chi connectivity index (χ4n) is 4.71. The summed E-state index contributed by atoms with van der Waals surface area (Å²) >= 11 is 0.